The maximum absolute atomic E-state index is 13.2. The van der Waals surface area contributed by atoms with Gasteiger partial charge < -0.3 is 10.1 Å². The molecule has 3 rings (SSSR count). The molecule has 0 saturated heterocycles. The summed E-state index contributed by atoms with van der Waals surface area (Å²) in [4.78, 5) is 24.7. The smallest absolute Gasteiger partial charge is 0.341 e. The third kappa shape index (κ3) is 4.53. The van der Waals surface area contributed by atoms with Crippen LogP contribution in [0.2, 0.25) is 5.02 Å². The zero-order valence-electron chi connectivity index (χ0n) is 14.3. The maximum Gasteiger partial charge on any atom is 0.341 e. The SMILES string of the molecule is COC(=O)c1c(-c2ccc(F)cc2)csc1NC(=O)Cc1ccc(Cl)cc1. The predicted octanol–water partition coefficient (Wildman–Crippen LogP) is 5.18. The number of ether oxygens (including phenoxy) is 1. The Morgan fingerprint density at radius 1 is 1.11 bits per heavy atom. The molecule has 0 unspecified atom stereocenters. The standard InChI is InChI=1S/C20H15ClFNO3S/c1-26-20(25)18-16(13-4-8-15(22)9-5-13)11-27-19(18)23-17(24)10-12-2-6-14(21)7-3-12/h2-9,11H,10H2,1H3,(H,23,24). The zero-order chi connectivity index (χ0) is 19.4. The molecule has 4 nitrogen and oxygen atoms in total. The van der Waals surface area contributed by atoms with Gasteiger partial charge in [-0.15, -0.1) is 11.3 Å². The molecule has 0 atom stereocenters. The molecule has 2 aromatic carbocycles. The van der Waals surface area contributed by atoms with Crippen LogP contribution in [0.3, 0.4) is 0 Å². The third-order valence-corrected chi connectivity index (χ3v) is 5.01. The number of hydrogen-bond donors (Lipinski definition) is 1. The van der Waals surface area contributed by atoms with Gasteiger partial charge in [0.25, 0.3) is 0 Å². The van der Waals surface area contributed by atoms with E-state index in [-0.39, 0.29) is 23.7 Å². The van der Waals surface area contributed by atoms with Gasteiger partial charge in [-0.25, -0.2) is 9.18 Å². The molecule has 0 radical (unpaired) electrons. The average Bonchev–Trinajstić information content (AvgIpc) is 3.07. The van der Waals surface area contributed by atoms with Crippen LogP contribution in [0, 0.1) is 5.82 Å². The number of carbonyl (C=O) groups excluding carboxylic acids is 2. The van der Waals surface area contributed by atoms with E-state index < -0.39 is 5.97 Å². The van der Waals surface area contributed by atoms with E-state index >= 15 is 0 Å². The van der Waals surface area contributed by atoms with Crippen LogP contribution in [0.1, 0.15) is 15.9 Å². The number of carbonyl (C=O) groups is 2. The van der Waals surface area contributed by atoms with Crippen LogP contribution >= 0.6 is 22.9 Å². The molecule has 0 aliphatic rings. The molecule has 3 aromatic rings. The van der Waals surface area contributed by atoms with E-state index in [0.29, 0.717) is 21.2 Å². The van der Waals surface area contributed by atoms with Gasteiger partial charge >= 0.3 is 5.97 Å². The Labute approximate surface area is 164 Å². The Morgan fingerprint density at radius 3 is 2.41 bits per heavy atom. The van der Waals surface area contributed by atoms with Gasteiger partial charge in [0.1, 0.15) is 16.4 Å². The number of anilines is 1. The van der Waals surface area contributed by atoms with Crippen molar-refractivity contribution in [3.8, 4) is 11.1 Å². The summed E-state index contributed by atoms with van der Waals surface area (Å²) in [5, 5.41) is 5.48. The van der Waals surface area contributed by atoms with Crippen LogP contribution in [0.4, 0.5) is 9.39 Å². The van der Waals surface area contributed by atoms with E-state index in [1.165, 1.54) is 30.6 Å². The number of hydrogen-bond acceptors (Lipinski definition) is 4. The van der Waals surface area contributed by atoms with Gasteiger partial charge in [0.05, 0.1) is 13.5 Å². The number of nitrogens with one attached hydrogen (secondary N) is 1. The van der Waals surface area contributed by atoms with Gasteiger partial charge in [0.2, 0.25) is 5.91 Å². The van der Waals surface area contributed by atoms with Crippen molar-refractivity contribution in [3.05, 3.63) is 75.9 Å². The van der Waals surface area contributed by atoms with E-state index in [1.54, 1.807) is 41.8 Å². The molecule has 0 aliphatic heterocycles. The zero-order valence-corrected chi connectivity index (χ0v) is 15.9. The second-order valence-corrected chi connectivity index (χ2v) is 7.02. The Balaban J connectivity index is 1.86. The fourth-order valence-electron chi connectivity index (χ4n) is 2.55. The first-order valence-electron chi connectivity index (χ1n) is 7.98. The normalized spacial score (nSPS) is 10.5. The summed E-state index contributed by atoms with van der Waals surface area (Å²) in [7, 11) is 1.27. The minimum atomic E-state index is -0.572. The van der Waals surface area contributed by atoms with Crippen molar-refractivity contribution in [3.63, 3.8) is 0 Å². The van der Waals surface area contributed by atoms with Crippen molar-refractivity contribution < 1.29 is 18.7 Å². The molecule has 27 heavy (non-hydrogen) atoms. The van der Waals surface area contributed by atoms with Crippen LogP contribution in [0.5, 0.6) is 0 Å². The number of benzene rings is 2. The number of amides is 1. The predicted molar refractivity (Wildman–Crippen MR) is 105 cm³/mol. The van der Waals surface area contributed by atoms with Crippen LogP contribution in [0.25, 0.3) is 11.1 Å². The van der Waals surface area contributed by atoms with Gasteiger partial charge in [0.15, 0.2) is 0 Å². The molecule has 0 aliphatic carbocycles. The topological polar surface area (TPSA) is 55.4 Å². The highest BCUT2D eigenvalue weighted by Crippen LogP contribution is 2.36. The Kier molecular flexibility index (Phi) is 5.88. The molecule has 0 saturated carbocycles. The van der Waals surface area contributed by atoms with Gasteiger partial charge in [-0.3, -0.25) is 4.79 Å². The lowest BCUT2D eigenvalue weighted by molar-refractivity contribution is -0.115. The molecule has 7 heteroatoms. The number of halogens is 2. The largest absolute Gasteiger partial charge is 0.465 e. The Hall–Kier alpha value is -2.70. The first-order valence-corrected chi connectivity index (χ1v) is 9.23. The Bertz CT molecular complexity index is 968. The fraction of sp³-hybridized carbons (Fsp3) is 0.100. The summed E-state index contributed by atoms with van der Waals surface area (Å²) in [5.41, 5.74) is 2.28. The highest BCUT2D eigenvalue weighted by molar-refractivity contribution is 7.15. The molecular weight excluding hydrogens is 389 g/mol. The molecule has 1 N–H and O–H groups in total. The molecule has 1 amide bonds. The second kappa shape index (κ2) is 8.33. The molecule has 1 heterocycles. The molecule has 0 bridgehead atoms. The van der Waals surface area contributed by atoms with Crippen molar-refractivity contribution in [1.29, 1.82) is 0 Å². The summed E-state index contributed by atoms with van der Waals surface area (Å²) in [6.07, 6.45) is 0.140. The monoisotopic (exact) mass is 403 g/mol. The summed E-state index contributed by atoms with van der Waals surface area (Å²) >= 11 is 7.06. The molecule has 0 spiro atoms. The molecule has 1 aromatic heterocycles. The lowest BCUT2D eigenvalue weighted by Crippen LogP contribution is -2.16. The van der Waals surface area contributed by atoms with Crippen LogP contribution in [0.15, 0.2) is 53.9 Å². The fourth-order valence-corrected chi connectivity index (χ4v) is 3.65. The van der Waals surface area contributed by atoms with Crippen molar-refractivity contribution >= 4 is 39.8 Å². The number of thiophene rings is 1. The number of methoxy groups -OCH3 is 1. The van der Waals surface area contributed by atoms with Gasteiger partial charge in [-0.2, -0.15) is 0 Å². The third-order valence-electron chi connectivity index (χ3n) is 3.87. The van der Waals surface area contributed by atoms with E-state index in [2.05, 4.69) is 5.32 Å². The number of rotatable bonds is 5. The van der Waals surface area contributed by atoms with Crippen molar-refractivity contribution in [2.24, 2.45) is 0 Å². The highest BCUT2D eigenvalue weighted by Gasteiger charge is 2.22. The Morgan fingerprint density at radius 2 is 1.78 bits per heavy atom. The van der Waals surface area contributed by atoms with E-state index in [9.17, 15) is 14.0 Å². The number of esters is 1. The van der Waals surface area contributed by atoms with Crippen LogP contribution < -0.4 is 5.32 Å². The first kappa shape index (κ1) is 19.1. The highest BCUT2D eigenvalue weighted by atomic mass is 35.5. The quantitative estimate of drug-likeness (QED) is 0.597. The molecular formula is C20H15ClFNO3S. The van der Waals surface area contributed by atoms with Gasteiger partial charge in [0, 0.05) is 16.0 Å². The van der Waals surface area contributed by atoms with E-state index in [4.69, 9.17) is 16.3 Å². The lowest BCUT2D eigenvalue weighted by Gasteiger charge is -2.08. The minimum absolute atomic E-state index is 0.140. The van der Waals surface area contributed by atoms with Crippen molar-refractivity contribution in [2.45, 2.75) is 6.42 Å². The van der Waals surface area contributed by atoms with Crippen molar-refractivity contribution in [2.75, 3.05) is 12.4 Å². The van der Waals surface area contributed by atoms with Crippen LogP contribution in [-0.2, 0) is 16.0 Å². The molecule has 0 fully saturated rings. The maximum atomic E-state index is 13.2. The lowest BCUT2D eigenvalue weighted by atomic mass is 10.0. The summed E-state index contributed by atoms with van der Waals surface area (Å²) < 4.78 is 18.0. The summed E-state index contributed by atoms with van der Waals surface area (Å²) in [5.74, 6) is -1.21. The van der Waals surface area contributed by atoms with Gasteiger partial charge in [-0.1, -0.05) is 35.9 Å². The minimum Gasteiger partial charge on any atom is -0.465 e. The first-order chi connectivity index (χ1) is 13.0. The van der Waals surface area contributed by atoms with Crippen molar-refractivity contribution in [1.82, 2.24) is 0 Å². The van der Waals surface area contributed by atoms with Gasteiger partial charge in [-0.05, 0) is 35.4 Å². The van der Waals surface area contributed by atoms with E-state index in [1.807, 2.05) is 0 Å². The average molecular weight is 404 g/mol. The van der Waals surface area contributed by atoms with E-state index in [0.717, 1.165) is 5.56 Å². The van der Waals surface area contributed by atoms with Crippen LogP contribution in [-0.4, -0.2) is 19.0 Å². The second-order valence-electron chi connectivity index (χ2n) is 5.70. The molecule has 138 valence electrons. The summed E-state index contributed by atoms with van der Waals surface area (Å²) in [6.45, 7) is 0. The summed E-state index contributed by atoms with van der Waals surface area (Å²) in [6, 6.07) is 12.7.